The fraction of sp³-hybridized carbons (Fsp3) is 0.571. The molecular formula is C14H20F3NS. The maximum atomic E-state index is 13.0. The Morgan fingerprint density at radius 3 is 2.47 bits per heavy atom. The van der Waals surface area contributed by atoms with Crippen molar-refractivity contribution in [3.05, 3.63) is 29.3 Å². The fourth-order valence-electron chi connectivity index (χ4n) is 1.71. The highest BCUT2D eigenvalue weighted by Crippen LogP contribution is 2.37. The molecule has 0 spiro atoms. The van der Waals surface area contributed by atoms with Crippen LogP contribution < -0.4 is 5.73 Å². The number of rotatable bonds is 6. The number of hydrogen-bond donors (Lipinski definition) is 1. The standard InChI is InChI=1S/C14H20F3NS/c1-3-7-19-13-6-5-10(8-11(18)4-2)9-12(13)14(15,16)17/h5-6,9,11H,3-4,7-8,18H2,1-2H3. The van der Waals surface area contributed by atoms with E-state index in [0.29, 0.717) is 22.6 Å². The lowest BCUT2D eigenvalue weighted by Crippen LogP contribution is -2.21. The molecule has 0 aliphatic carbocycles. The quantitative estimate of drug-likeness (QED) is 0.782. The van der Waals surface area contributed by atoms with Crippen LogP contribution in [0.1, 0.15) is 37.8 Å². The third-order valence-corrected chi connectivity index (χ3v) is 4.11. The third-order valence-electron chi connectivity index (χ3n) is 2.83. The van der Waals surface area contributed by atoms with Crippen molar-refractivity contribution < 1.29 is 13.2 Å². The van der Waals surface area contributed by atoms with Gasteiger partial charge in [0.25, 0.3) is 0 Å². The molecule has 1 unspecified atom stereocenters. The van der Waals surface area contributed by atoms with Crippen LogP contribution in [-0.2, 0) is 12.6 Å². The highest BCUT2D eigenvalue weighted by molar-refractivity contribution is 7.99. The van der Waals surface area contributed by atoms with Crippen LogP contribution in [0.3, 0.4) is 0 Å². The highest BCUT2D eigenvalue weighted by atomic mass is 32.2. The van der Waals surface area contributed by atoms with E-state index < -0.39 is 11.7 Å². The smallest absolute Gasteiger partial charge is 0.327 e. The van der Waals surface area contributed by atoms with Crippen LogP contribution in [0.5, 0.6) is 0 Å². The van der Waals surface area contributed by atoms with Gasteiger partial charge < -0.3 is 5.73 Å². The van der Waals surface area contributed by atoms with Crippen molar-refractivity contribution in [3.8, 4) is 0 Å². The molecule has 108 valence electrons. The van der Waals surface area contributed by atoms with Gasteiger partial charge in [-0.05, 0) is 42.7 Å². The average molecular weight is 291 g/mol. The van der Waals surface area contributed by atoms with E-state index in [4.69, 9.17) is 5.73 Å². The van der Waals surface area contributed by atoms with Gasteiger partial charge in [0.15, 0.2) is 0 Å². The first-order valence-electron chi connectivity index (χ1n) is 6.47. The Kier molecular flexibility index (Phi) is 6.20. The van der Waals surface area contributed by atoms with E-state index in [0.717, 1.165) is 12.8 Å². The summed E-state index contributed by atoms with van der Waals surface area (Å²) < 4.78 is 39.1. The lowest BCUT2D eigenvalue weighted by Gasteiger charge is -2.15. The lowest BCUT2D eigenvalue weighted by molar-refractivity contribution is -0.139. The largest absolute Gasteiger partial charge is 0.417 e. The average Bonchev–Trinajstić information content (AvgIpc) is 2.35. The van der Waals surface area contributed by atoms with Crippen molar-refractivity contribution in [2.45, 2.75) is 50.2 Å². The second-order valence-corrected chi connectivity index (χ2v) is 5.69. The van der Waals surface area contributed by atoms with Gasteiger partial charge in [-0.25, -0.2) is 0 Å². The first-order valence-corrected chi connectivity index (χ1v) is 7.45. The van der Waals surface area contributed by atoms with Crippen molar-refractivity contribution in [3.63, 3.8) is 0 Å². The highest BCUT2D eigenvalue weighted by Gasteiger charge is 2.33. The Labute approximate surface area is 116 Å². The van der Waals surface area contributed by atoms with E-state index in [1.54, 1.807) is 12.1 Å². The van der Waals surface area contributed by atoms with Crippen LogP contribution in [0.2, 0.25) is 0 Å². The Hall–Kier alpha value is -0.680. The molecule has 1 atom stereocenters. The minimum absolute atomic E-state index is 0.0878. The monoisotopic (exact) mass is 291 g/mol. The second kappa shape index (κ2) is 7.20. The van der Waals surface area contributed by atoms with E-state index in [1.807, 2.05) is 13.8 Å². The van der Waals surface area contributed by atoms with Crippen LogP contribution in [0, 0.1) is 0 Å². The third kappa shape index (κ3) is 5.07. The summed E-state index contributed by atoms with van der Waals surface area (Å²) in [6, 6.07) is 4.48. The molecule has 0 saturated carbocycles. The maximum absolute atomic E-state index is 13.0. The molecule has 0 heterocycles. The molecule has 19 heavy (non-hydrogen) atoms. The number of halogens is 3. The van der Waals surface area contributed by atoms with E-state index >= 15 is 0 Å². The minimum Gasteiger partial charge on any atom is -0.327 e. The summed E-state index contributed by atoms with van der Waals surface area (Å²) in [4.78, 5) is 0.308. The molecule has 0 fully saturated rings. The van der Waals surface area contributed by atoms with E-state index in [1.165, 1.54) is 17.8 Å². The van der Waals surface area contributed by atoms with Crippen LogP contribution >= 0.6 is 11.8 Å². The van der Waals surface area contributed by atoms with Crippen LogP contribution in [0.25, 0.3) is 0 Å². The summed E-state index contributed by atoms with van der Waals surface area (Å²) in [5.74, 6) is 0.691. The molecule has 0 aromatic heterocycles. The summed E-state index contributed by atoms with van der Waals surface area (Å²) in [6.45, 7) is 3.88. The second-order valence-electron chi connectivity index (χ2n) is 4.55. The molecule has 0 bridgehead atoms. The summed E-state index contributed by atoms with van der Waals surface area (Å²) in [7, 11) is 0. The van der Waals surface area contributed by atoms with Gasteiger partial charge in [0.05, 0.1) is 5.56 Å². The molecule has 0 aliphatic rings. The topological polar surface area (TPSA) is 26.0 Å². The van der Waals surface area contributed by atoms with Gasteiger partial charge in [-0.2, -0.15) is 13.2 Å². The zero-order valence-corrected chi connectivity index (χ0v) is 12.1. The fourth-order valence-corrected chi connectivity index (χ4v) is 2.63. The molecule has 0 saturated heterocycles. The van der Waals surface area contributed by atoms with Gasteiger partial charge in [0, 0.05) is 10.9 Å². The van der Waals surface area contributed by atoms with Gasteiger partial charge in [-0.15, -0.1) is 11.8 Å². The number of alkyl halides is 3. The summed E-state index contributed by atoms with van der Waals surface area (Å²) in [5.41, 5.74) is 5.92. The van der Waals surface area contributed by atoms with Crippen molar-refractivity contribution in [2.24, 2.45) is 5.73 Å². The molecule has 0 aliphatic heterocycles. The summed E-state index contributed by atoms with van der Waals surface area (Å²) in [6.07, 6.45) is -2.21. The van der Waals surface area contributed by atoms with Gasteiger partial charge in [-0.1, -0.05) is 19.9 Å². The molecular weight excluding hydrogens is 271 g/mol. The molecule has 0 amide bonds. The van der Waals surface area contributed by atoms with Gasteiger partial charge in [0.1, 0.15) is 0 Å². The molecule has 1 rings (SSSR count). The molecule has 0 radical (unpaired) electrons. The van der Waals surface area contributed by atoms with Gasteiger partial charge >= 0.3 is 6.18 Å². The van der Waals surface area contributed by atoms with E-state index in [2.05, 4.69) is 0 Å². The van der Waals surface area contributed by atoms with Crippen molar-refractivity contribution in [1.29, 1.82) is 0 Å². The number of thioether (sulfide) groups is 1. The van der Waals surface area contributed by atoms with Gasteiger partial charge in [-0.3, -0.25) is 0 Å². The first kappa shape index (κ1) is 16.4. The van der Waals surface area contributed by atoms with Crippen molar-refractivity contribution >= 4 is 11.8 Å². The van der Waals surface area contributed by atoms with E-state index in [9.17, 15) is 13.2 Å². The molecule has 2 N–H and O–H groups in total. The van der Waals surface area contributed by atoms with Crippen LogP contribution in [-0.4, -0.2) is 11.8 Å². The Morgan fingerprint density at radius 1 is 1.26 bits per heavy atom. The minimum atomic E-state index is -4.30. The molecule has 1 nitrogen and oxygen atoms in total. The van der Waals surface area contributed by atoms with Crippen molar-refractivity contribution in [2.75, 3.05) is 5.75 Å². The first-order chi connectivity index (χ1) is 8.88. The molecule has 1 aromatic rings. The normalized spacial score (nSPS) is 13.6. The van der Waals surface area contributed by atoms with Gasteiger partial charge in [0.2, 0.25) is 0 Å². The predicted octanol–water partition coefficient (Wildman–Crippen LogP) is 4.49. The predicted molar refractivity (Wildman–Crippen MR) is 74.4 cm³/mol. The van der Waals surface area contributed by atoms with Crippen molar-refractivity contribution in [1.82, 2.24) is 0 Å². The van der Waals surface area contributed by atoms with Crippen LogP contribution in [0.4, 0.5) is 13.2 Å². The Balaban J connectivity index is 3.01. The maximum Gasteiger partial charge on any atom is 0.417 e. The zero-order valence-electron chi connectivity index (χ0n) is 11.3. The number of benzene rings is 1. The SMILES string of the molecule is CCCSc1ccc(CC(N)CC)cc1C(F)(F)F. The lowest BCUT2D eigenvalue weighted by atomic mass is 10.0. The zero-order chi connectivity index (χ0) is 14.5. The molecule has 1 aromatic carbocycles. The van der Waals surface area contributed by atoms with E-state index in [-0.39, 0.29) is 6.04 Å². The molecule has 5 heteroatoms. The van der Waals surface area contributed by atoms with Crippen LogP contribution in [0.15, 0.2) is 23.1 Å². The summed E-state index contributed by atoms with van der Waals surface area (Å²) in [5, 5.41) is 0. The summed E-state index contributed by atoms with van der Waals surface area (Å²) >= 11 is 1.26. The number of nitrogens with two attached hydrogens (primary N) is 1. The Morgan fingerprint density at radius 2 is 1.95 bits per heavy atom. The number of hydrogen-bond acceptors (Lipinski definition) is 2. The Bertz CT molecular complexity index is 404.